The molecule has 1 fully saturated rings. The molecule has 3 rings (SSSR count). The van der Waals surface area contributed by atoms with E-state index in [2.05, 4.69) is 5.32 Å². The minimum atomic E-state index is -1.15. The van der Waals surface area contributed by atoms with Gasteiger partial charge in [-0.1, -0.05) is 61.7 Å². The molecule has 2 atom stereocenters. The molecule has 2 aromatic rings. The average Bonchev–Trinajstić information content (AvgIpc) is 2.99. The zero-order valence-corrected chi connectivity index (χ0v) is 24.6. The summed E-state index contributed by atoms with van der Waals surface area (Å²) in [7, 11) is 0. The summed E-state index contributed by atoms with van der Waals surface area (Å²) in [6, 6.07) is 13.8. The van der Waals surface area contributed by atoms with Gasteiger partial charge in [0.05, 0.1) is 16.4 Å². The van der Waals surface area contributed by atoms with Gasteiger partial charge in [0.25, 0.3) is 5.69 Å². The standard InChI is InChI=1S/C30H39N3O8S/c1-2-40-29(36)24(31-25(28(34)35)21-42-27-15-9-8-14-26(27)33(38)39)13-7-6-10-22-16-18-32(19-17-22)30(37)41-20-23-11-4-3-5-12-23/h3-5,8-9,11-12,14-15,22,24-25,31H,2,6-7,10,13,16-21H2,1H3,(H,34,35)/t24?,25-/m0/s1. The van der Waals surface area contributed by atoms with Crippen LogP contribution >= 0.6 is 11.8 Å². The molecule has 1 saturated heterocycles. The van der Waals surface area contributed by atoms with Crippen LogP contribution in [0.3, 0.4) is 0 Å². The van der Waals surface area contributed by atoms with Gasteiger partial charge in [-0.2, -0.15) is 0 Å². The molecule has 1 heterocycles. The van der Waals surface area contributed by atoms with E-state index in [0.717, 1.165) is 43.0 Å². The quantitative estimate of drug-likeness (QED) is 0.0857. The molecular weight excluding hydrogens is 562 g/mol. The Bertz CT molecular complexity index is 1170. The Kier molecular flexibility index (Phi) is 13.6. The second-order valence-corrected chi connectivity index (χ2v) is 11.2. The minimum Gasteiger partial charge on any atom is -0.480 e. The van der Waals surface area contributed by atoms with Crippen molar-refractivity contribution in [3.05, 3.63) is 70.3 Å². The minimum absolute atomic E-state index is 0.00243. The van der Waals surface area contributed by atoms with Crippen LogP contribution in [0.15, 0.2) is 59.5 Å². The lowest BCUT2D eigenvalue weighted by Crippen LogP contribution is -2.49. The van der Waals surface area contributed by atoms with Gasteiger partial charge >= 0.3 is 18.0 Å². The predicted molar refractivity (Wildman–Crippen MR) is 158 cm³/mol. The number of unbranched alkanes of at least 4 members (excludes halogenated alkanes) is 1. The number of benzene rings is 2. The number of para-hydroxylation sites is 1. The van der Waals surface area contributed by atoms with Crippen molar-refractivity contribution in [2.75, 3.05) is 25.4 Å². The van der Waals surface area contributed by atoms with E-state index in [1.807, 2.05) is 30.3 Å². The molecule has 0 spiro atoms. The highest BCUT2D eigenvalue weighted by Gasteiger charge is 2.28. The Balaban J connectivity index is 1.43. The number of likely N-dealkylation sites (tertiary alicyclic amines) is 1. The number of rotatable bonds is 16. The predicted octanol–water partition coefficient (Wildman–Crippen LogP) is 5.27. The molecule has 0 saturated carbocycles. The zero-order chi connectivity index (χ0) is 30.3. The summed E-state index contributed by atoms with van der Waals surface area (Å²) in [5, 5.41) is 24.0. The van der Waals surface area contributed by atoms with Crippen molar-refractivity contribution < 1.29 is 33.9 Å². The van der Waals surface area contributed by atoms with Gasteiger partial charge in [0.15, 0.2) is 0 Å². The maximum atomic E-state index is 12.6. The highest BCUT2D eigenvalue weighted by Crippen LogP contribution is 2.29. The largest absolute Gasteiger partial charge is 0.480 e. The van der Waals surface area contributed by atoms with Crippen LogP contribution in [-0.4, -0.2) is 70.5 Å². The SMILES string of the molecule is CCOC(=O)C(CCCCC1CCN(C(=O)OCc2ccccc2)CC1)N[C@@H](CSc1ccccc1[N+](=O)[O-])C(=O)O. The van der Waals surface area contributed by atoms with Crippen LogP contribution in [0.4, 0.5) is 10.5 Å². The van der Waals surface area contributed by atoms with Gasteiger partial charge in [0.2, 0.25) is 0 Å². The molecule has 12 heteroatoms. The number of carbonyl (C=O) groups excluding carboxylic acids is 2. The first-order valence-corrected chi connectivity index (χ1v) is 15.2. The van der Waals surface area contributed by atoms with Crippen molar-refractivity contribution in [3.8, 4) is 0 Å². The molecule has 0 bridgehead atoms. The van der Waals surface area contributed by atoms with Gasteiger partial charge in [0.1, 0.15) is 18.7 Å². The molecule has 0 radical (unpaired) electrons. The highest BCUT2D eigenvalue weighted by atomic mass is 32.2. The summed E-state index contributed by atoms with van der Waals surface area (Å²) in [4.78, 5) is 49.9. The maximum Gasteiger partial charge on any atom is 0.410 e. The molecule has 228 valence electrons. The second kappa shape index (κ2) is 17.3. The Morgan fingerprint density at radius 2 is 1.74 bits per heavy atom. The summed E-state index contributed by atoms with van der Waals surface area (Å²) >= 11 is 1.06. The van der Waals surface area contributed by atoms with E-state index in [1.54, 1.807) is 30.0 Å². The number of hydrogen-bond donors (Lipinski definition) is 2. The molecule has 1 aliphatic rings. The van der Waals surface area contributed by atoms with Crippen molar-refractivity contribution in [1.29, 1.82) is 0 Å². The third-order valence-corrected chi connectivity index (χ3v) is 8.33. The number of nitro groups is 1. The number of piperidine rings is 1. The first-order valence-electron chi connectivity index (χ1n) is 14.3. The molecule has 2 aromatic carbocycles. The first kappa shape index (κ1) is 32.9. The van der Waals surface area contributed by atoms with E-state index in [9.17, 15) is 29.6 Å². The number of nitrogens with one attached hydrogen (secondary N) is 1. The first-order chi connectivity index (χ1) is 20.3. The molecule has 42 heavy (non-hydrogen) atoms. The smallest absolute Gasteiger partial charge is 0.410 e. The van der Waals surface area contributed by atoms with Gasteiger partial charge < -0.3 is 19.5 Å². The summed E-state index contributed by atoms with van der Waals surface area (Å²) in [5.41, 5.74) is 0.855. The van der Waals surface area contributed by atoms with Gasteiger partial charge in [-0.05, 0) is 43.7 Å². The molecule has 0 aliphatic carbocycles. The van der Waals surface area contributed by atoms with Crippen LogP contribution in [0.5, 0.6) is 0 Å². The van der Waals surface area contributed by atoms with Gasteiger partial charge in [-0.15, -0.1) is 11.8 Å². The van der Waals surface area contributed by atoms with Gasteiger partial charge in [-0.25, -0.2) is 4.79 Å². The molecular formula is C30H39N3O8S. The van der Waals surface area contributed by atoms with Crippen molar-refractivity contribution in [2.24, 2.45) is 5.92 Å². The van der Waals surface area contributed by atoms with Crippen molar-refractivity contribution in [3.63, 3.8) is 0 Å². The Morgan fingerprint density at radius 3 is 2.40 bits per heavy atom. The number of carbonyl (C=O) groups is 3. The molecule has 1 unspecified atom stereocenters. The molecule has 11 nitrogen and oxygen atoms in total. The topological polar surface area (TPSA) is 148 Å². The van der Waals surface area contributed by atoms with Gasteiger partial charge in [-0.3, -0.25) is 25.0 Å². The van der Waals surface area contributed by atoms with Crippen LogP contribution in [0.2, 0.25) is 0 Å². The molecule has 1 amide bonds. The summed E-state index contributed by atoms with van der Waals surface area (Å²) < 4.78 is 10.6. The van der Waals surface area contributed by atoms with E-state index in [1.165, 1.54) is 6.07 Å². The Labute approximate surface area is 250 Å². The monoisotopic (exact) mass is 601 g/mol. The van der Waals surface area contributed by atoms with Crippen molar-refractivity contribution in [2.45, 2.75) is 69.0 Å². The number of nitrogens with zero attached hydrogens (tertiary/aromatic N) is 2. The maximum absolute atomic E-state index is 12.6. The molecule has 2 N–H and O–H groups in total. The number of amides is 1. The van der Waals surface area contributed by atoms with E-state index < -0.39 is 28.9 Å². The number of nitro benzene ring substituents is 1. The number of carboxylic acid groups (broad SMARTS) is 1. The van der Waals surface area contributed by atoms with Crippen LogP contribution in [0.1, 0.15) is 51.0 Å². The van der Waals surface area contributed by atoms with Crippen LogP contribution in [-0.2, 0) is 25.7 Å². The third kappa shape index (κ3) is 10.6. The number of esters is 1. The normalized spacial score (nSPS) is 15.0. The van der Waals surface area contributed by atoms with E-state index in [-0.39, 0.29) is 30.7 Å². The lowest BCUT2D eigenvalue weighted by molar-refractivity contribution is -0.387. The van der Waals surface area contributed by atoms with Crippen molar-refractivity contribution in [1.82, 2.24) is 10.2 Å². The third-order valence-electron chi connectivity index (χ3n) is 7.17. The molecule has 0 aromatic heterocycles. The van der Waals surface area contributed by atoms with Crippen LogP contribution < -0.4 is 5.32 Å². The van der Waals surface area contributed by atoms with E-state index in [4.69, 9.17) is 9.47 Å². The Morgan fingerprint density at radius 1 is 1.05 bits per heavy atom. The van der Waals surface area contributed by atoms with Crippen LogP contribution in [0, 0.1) is 16.0 Å². The summed E-state index contributed by atoms with van der Waals surface area (Å²) in [6.45, 7) is 3.40. The lowest BCUT2D eigenvalue weighted by atomic mass is 9.91. The van der Waals surface area contributed by atoms with Crippen molar-refractivity contribution >= 4 is 35.5 Å². The zero-order valence-electron chi connectivity index (χ0n) is 23.8. The van der Waals surface area contributed by atoms with E-state index in [0.29, 0.717) is 36.7 Å². The number of ether oxygens (including phenoxy) is 2. The average molecular weight is 602 g/mol. The fourth-order valence-electron chi connectivity index (χ4n) is 4.85. The Hall–Kier alpha value is -3.64. The number of carboxylic acids is 1. The molecule has 1 aliphatic heterocycles. The summed E-state index contributed by atoms with van der Waals surface area (Å²) in [6.07, 6.45) is 4.35. The van der Waals surface area contributed by atoms with Gasteiger partial charge in [0, 0.05) is 24.9 Å². The fraction of sp³-hybridized carbons (Fsp3) is 0.500. The number of thioether (sulfide) groups is 1. The number of hydrogen-bond acceptors (Lipinski definition) is 9. The number of aliphatic carboxylic acids is 1. The summed E-state index contributed by atoms with van der Waals surface area (Å²) in [5.74, 6) is -1.20. The second-order valence-electron chi connectivity index (χ2n) is 10.2. The lowest BCUT2D eigenvalue weighted by Gasteiger charge is -2.31. The van der Waals surface area contributed by atoms with Crippen LogP contribution in [0.25, 0.3) is 0 Å². The van der Waals surface area contributed by atoms with E-state index >= 15 is 0 Å². The fourth-order valence-corrected chi connectivity index (χ4v) is 5.90. The highest BCUT2D eigenvalue weighted by molar-refractivity contribution is 7.99.